The average molecular weight is 455 g/mol. The zero-order valence-electron chi connectivity index (χ0n) is 17.4. The van der Waals surface area contributed by atoms with Crippen molar-refractivity contribution in [1.29, 1.82) is 0 Å². The number of benzene rings is 2. The van der Waals surface area contributed by atoms with Gasteiger partial charge in [-0.2, -0.15) is 0 Å². The lowest BCUT2D eigenvalue weighted by Gasteiger charge is -2.16. The number of aromatic nitrogens is 3. The van der Waals surface area contributed by atoms with E-state index < -0.39 is 5.25 Å². The van der Waals surface area contributed by atoms with Gasteiger partial charge in [-0.15, -0.1) is 0 Å². The van der Waals surface area contributed by atoms with E-state index in [0.717, 1.165) is 16.0 Å². The van der Waals surface area contributed by atoms with Crippen molar-refractivity contribution in [2.45, 2.75) is 37.2 Å². The fourth-order valence-electron chi connectivity index (χ4n) is 3.24. The van der Waals surface area contributed by atoms with Gasteiger partial charge in [0.15, 0.2) is 10.3 Å². The summed E-state index contributed by atoms with van der Waals surface area (Å²) in [7, 11) is 1.62. The standard InChI is InChI=1S/C22H22N4O3S2/c1-4-17(19(27)25-21-23-16-11-10-13(29-3)12-18(16)30-21)31-22-24-15-9-7-6-8-14(15)20(28)26(22)5-2/h6-12,17H,4-5H2,1-3H3,(H,23,25,27). The Morgan fingerprint density at radius 1 is 1.19 bits per heavy atom. The van der Waals surface area contributed by atoms with Gasteiger partial charge in [-0.25, -0.2) is 9.97 Å². The summed E-state index contributed by atoms with van der Waals surface area (Å²) in [5.74, 6) is 0.583. The van der Waals surface area contributed by atoms with Gasteiger partial charge in [-0.1, -0.05) is 42.2 Å². The number of rotatable bonds is 7. The average Bonchev–Trinajstić information content (AvgIpc) is 3.18. The Morgan fingerprint density at radius 3 is 2.74 bits per heavy atom. The van der Waals surface area contributed by atoms with Crippen LogP contribution in [0.25, 0.3) is 21.1 Å². The first-order chi connectivity index (χ1) is 15.0. The maximum Gasteiger partial charge on any atom is 0.262 e. The number of thiazole rings is 1. The maximum absolute atomic E-state index is 13.0. The summed E-state index contributed by atoms with van der Waals surface area (Å²) in [4.78, 5) is 35.0. The topological polar surface area (TPSA) is 86.1 Å². The van der Waals surface area contributed by atoms with Crippen molar-refractivity contribution in [2.24, 2.45) is 0 Å². The molecule has 9 heteroatoms. The first kappa shape index (κ1) is 21.3. The van der Waals surface area contributed by atoms with Crippen LogP contribution in [0.2, 0.25) is 0 Å². The van der Waals surface area contributed by atoms with E-state index in [0.29, 0.717) is 34.2 Å². The smallest absolute Gasteiger partial charge is 0.262 e. The minimum absolute atomic E-state index is 0.0917. The minimum Gasteiger partial charge on any atom is -0.497 e. The fourth-order valence-corrected chi connectivity index (χ4v) is 5.21. The summed E-state index contributed by atoms with van der Waals surface area (Å²) in [5, 5.41) is 4.17. The highest BCUT2D eigenvalue weighted by molar-refractivity contribution is 8.00. The second kappa shape index (κ2) is 9.07. The van der Waals surface area contributed by atoms with Crippen LogP contribution in [0, 0.1) is 0 Å². The molecular weight excluding hydrogens is 432 g/mol. The van der Waals surface area contributed by atoms with Gasteiger partial charge in [-0.3, -0.25) is 14.2 Å². The van der Waals surface area contributed by atoms with E-state index in [9.17, 15) is 9.59 Å². The molecule has 0 saturated heterocycles. The van der Waals surface area contributed by atoms with Gasteiger partial charge >= 0.3 is 0 Å². The number of anilines is 1. The largest absolute Gasteiger partial charge is 0.497 e. The Bertz CT molecular complexity index is 1320. The Hall–Kier alpha value is -2.91. The second-order valence-corrected chi connectivity index (χ2v) is 9.02. The van der Waals surface area contributed by atoms with Gasteiger partial charge in [0.1, 0.15) is 5.75 Å². The van der Waals surface area contributed by atoms with Crippen LogP contribution in [0.4, 0.5) is 5.13 Å². The summed E-state index contributed by atoms with van der Waals surface area (Å²) in [6.07, 6.45) is 0.585. The van der Waals surface area contributed by atoms with Crippen molar-refractivity contribution in [1.82, 2.24) is 14.5 Å². The predicted octanol–water partition coefficient (Wildman–Crippen LogP) is 4.54. The molecule has 160 valence electrons. The highest BCUT2D eigenvalue weighted by Crippen LogP contribution is 2.31. The van der Waals surface area contributed by atoms with Crippen LogP contribution in [0.15, 0.2) is 52.4 Å². The van der Waals surface area contributed by atoms with E-state index in [1.165, 1.54) is 23.1 Å². The Morgan fingerprint density at radius 2 is 2.00 bits per heavy atom. The molecule has 2 aromatic carbocycles. The quantitative estimate of drug-likeness (QED) is 0.326. The zero-order valence-corrected chi connectivity index (χ0v) is 19.0. The monoisotopic (exact) mass is 454 g/mol. The molecule has 2 heterocycles. The van der Waals surface area contributed by atoms with E-state index in [2.05, 4.69) is 15.3 Å². The first-order valence-electron chi connectivity index (χ1n) is 9.95. The summed E-state index contributed by atoms with van der Waals surface area (Å²) in [6, 6.07) is 12.9. The molecule has 0 aliphatic carbocycles. The van der Waals surface area contributed by atoms with Crippen molar-refractivity contribution in [3.8, 4) is 5.75 Å². The molecular formula is C22H22N4O3S2. The molecule has 0 bridgehead atoms. The summed E-state index contributed by atoms with van der Waals surface area (Å²) in [6.45, 7) is 4.32. The van der Waals surface area contributed by atoms with Gasteiger partial charge in [0.2, 0.25) is 5.91 Å². The number of nitrogens with zero attached hydrogens (tertiary/aromatic N) is 3. The number of ether oxygens (including phenoxy) is 1. The summed E-state index contributed by atoms with van der Waals surface area (Å²) in [5.41, 5.74) is 1.35. The number of hydrogen-bond acceptors (Lipinski definition) is 7. The van der Waals surface area contributed by atoms with Gasteiger partial charge in [0.05, 0.1) is 33.5 Å². The third-order valence-corrected chi connectivity index (χ3v) is 7.17. The number of fused-ring (bicyclic) bond motifs is 2. The molecule has 0 aliphatic heterocycles. The van der Waals surface area contributed by atoms with Crippen LogP contribution in [0.5, 0.6) is 5.75 Å². The lowest BCUT2D eigenvalue weighted by Crippen LogP contribution is -2.27. The van der Waals surface area contributed by atoms with Crippen molar-refractivity contribution in [3.63, 3.8) is 0 Å². The zero-order chi connectivity index (χ0) is 22.0. The van der Waals surface area contributed by atoms with Crippen LogP contribution >= 0.6 is 23.1 Å². The van der Waals surface area contributed by atoms with Crippen LogP contribution in [0.1, 0.15) is 20.3 Å². The molecule has 0 radical (unpaired) electrons. The molecule has 1 amide bonds. The number of para-hydroxylation sites is 1. The molecule has 7 nitrogen and oxygen atoms in total. The number of methoxy groups -OCH3 is 1. The van der Waals surface area contributed by atoms with E-state index in [-0.39, 0.29) is 11.5 Å². The number of carbonyl (C=O) groups excluding carboxylic acids is 1. The van der Waals surface area contributed by atoms with E-state index in [4.69, 9.17) is 4.74 Å². The van der Waals surface area contributed by atoms with Crippen LogP contribution in [-0.2, 0) is 11.3 Å². The number of carbonyl (C=O) groups is 1. The Kier molecular flexibility index (Phi) is 6.24. The molecule has 0 fully saturated rings. The number of thioether (sulfide) groups is 1. The number of nitrogens with one attached hydrogen (secondary N) is 1. The summed E-state index contributed by atoms with van der Waals surface area (Å²) < 4.78 is 7.80. The molecule has 1 unspecified atom stereocenters. The fraction of sp³-hybridized carbons (Fsp3) is 0.273. The van der Waals surface area contributed by atoms with Crippen molar-refractivity contribution in [3.05, 3.63) is 52.8 Å². The van der Waals surface area contributed by atoms with E-state index in [1.807, 2.05) is 50.2 Å². The Labute approximate surface area is 187 Å². The number of amides is 1. The second-order valence-electron chi connectivity index (χ2n) is 6.82. The Balaban J connectivity index is 1.59. The lowest BCUT2D eigenvalue weighted by atomic mass is 10.2. The van der Waals surface area contributed by atoms with Crippen molar-refractivity contribution < 1.29 is 9.53 Å². The molecule has 31 heavy (non-hydrogen) atoms. The van der Waals surface area contributed by atoms with Crippen LogP contribution in [-0.4, -0.2) is 32.8 Å². The van der Waals surface area contributed by atoms with E-state index >= 15 is 0 Å². The third-order valence-electron chi connectivity index (χ3n) is 4.88. The van der Waals surface area contributed by atoms with E-state index in [1.54, 1.807) is 17.7 Å². The molecule has 4 rings (SSSR count). The van der Waals surface area contributed by atoms with Gasteiger partial charge in [0.25, 0.3) is 5.56 Å². The first-order valence-corrected chi connectivity index (χ1v) is 11.6. The molecule has 0 saturated carbocycles. The van der Waals surface area contributed by atoms with Crippen molar-refractivity contribution in [2.75, 3.05) is 12.4 Å². The molecule has 0 aliphatic rings. The lowest BCUT2D eigenvalue weighted by molar-refractivity contribution is -0.115. The van der Waals surface area contributed by atoms with Gasteiger partial charge in [0, 0.05) is 6.54 Å². The normalized spacial score (nSPS) is 12.2. The molecule has 1 atom stereocenters. The van der Waals surface area contributed by atoms with Crippen molar-refractivity contribution >= 4 is 55.3 Å². The van der Waals surface area contributed by atoms with Gasteiger partial charge < -0.3 is 10.1 Å². The van der Waals surface area contributed by atoms with Crippen LogP contribution < -0.4 is 15.6 Å². The van der Waals surface area contributed by atoms with Crippen LogP contribution in [0.3, 0.4) is 0 Å². The third kappa shape index (κ3) is 4.28. The maximum atomic E-state index is 13.0. The molecule has 1 N–H and O–H groups in total. The summed E-state index contributed by atoms with van der Waals surface area (Å²) >= 11 is 2.70. The molecule has 4 aromatic rings. The minimum atomic E-state index is -0.410. The number of hydrogen-bond donors (Lipinski definition) is 1. The SMILES string of the molecule is CCC(Sc1nc2ccccc2c(=O)n1CC)C(=O)Nc1nc2ccc(OC)cc2s1. The molecule has 2 aromatic heterocycles. The highest BCUT2D eigenvalue weighted by Gasteiger charge is 2.22. The van der Waals surface area contributed by atoms with Gasteiger partial charge in [-0.05, 0) is 43.7 Å². The predicted molar refractivity (Wildman–Crippen MR) is 126 cm³/mol. The highest BCUT2D eigenvalue weighted by atomic mass is 32.2. The molecule has 0 spiro atoms.